The van der Waals surface area contributed by atoms with Crippen molar-refractivity contribution in [3.63, 3.8) is 0 Å². The van der Waals surface area contributed by atoms with Crippen molar-refractivity contribution in [2.75, 3.05) is 12.4 Å². The fourth-order valence-electron chi connectivity index (χ4n) is 2.36. The lowest BCUT2D eigenvalue weighted by atomic mass is 10.1. The summed E-state index contributed by atoms with van der Waals surface area (Å²) in [6, 6.07) is 11.1. The van der Waals surface area contributed by atoms with Crippen LogP contribution in [0.5, 0.6) is 0 Å². The molecule has 3 rings (SSSR count). The zero-order valence-corrected chi connectivity index (χ0v) is 14.5. The molecule has 0 radical (unpaired) electrons. The van der Waals surface area contributed by atoms with Gasteiger partial charge in [-0.25, -0.2) is 17.7 Å². The monoisotopic (exact) mass is 365 g/mol. The topological polar surface area (TPSA) is 88.4 Å². The number of nitrogens with one attached hydrogen (secondary N) is 2. The maximum absolute atomic E-state index is 11.8. The van der Waals surface area contributed by atoms with Crippen molar-refractivity contribution < 1.29 is 8.42 Å². The third-order valence-corrected chi connectivity index (χ3v) is 5.05. The first kappa shape index (κ1) is 16.7. The number of aromatic nitrogens is 3. The molecule has 0 aliphatic heterocycles. The van der Waals surface area contributed by atoms with E-state index in [2.05, 4.69) is 20.1 Å². The molecule has 7 nitrogen and oxygen atoms in total. The third-order valence-electron chi connectivity index (χ3n) is 3.58. The molecule has 0 saturated heterocycles. The van der Waals surface area contributed by atoms with E-state index in [-0.39, 0.29) is 11.0 Å². The second-order valence-electron chi connectivity index (χ2n) is 5.16. The smallest absolute Gasteiger partial charge is 0.243 e. The number of fused-ring (bicyclic) bond motifs is 1. The van der Waals surface area contributed by atoms with E-state index in [1.807, 2.05) is 30.3 Å². The van der Waals surface area contributed by atoms with Crippen LogP contribution < -0.4 is 10.0 Å². The molecular formula is C15H16ClN5O2S. The van der Waals surface area contributed by atoms with Crippen molar-refractivity contribution in [1.82, 2.24) is 19.3 Å². The van der Waals surface area contributed by atoms with Crippen LogP contribution in [0.1, 0.15) is 11.1 Å². The maximum Gasteiger partial charge on any atom is 0.243 e. The van der Waals surface area contributed by atoms with Gasteiger partial charge in [-0.2, -0.15) is 4.98 Å². The van der Waals surface area contributed by atoms with Crippen molar-refractivity contribution in [1.29, 1.82) is 0 Å². The highest BCUT2D eigenvalue weighted by atomic mass is 35.5. The lowest BCUT2D eigenvalue weighted by Crippen LogP contribution is -2.21. The average molecular weight is 366 g/mol. The molecule has 0 aliphatic rings. The van der Waals surface area contributed by atoms with E-state index >= 15 is 0 Å². The van der Waals surface area contributed by atoms with Gasteiger partial charge in [0.05, 0.1) is 11.4 Å². The fourth-order valence-corrected chi connectivity index (χ4v) is 3.35. The van der Waals surface area contributed by atoms with Crippen molar-refractivity contribution in [3.8, 4) is 0 Å². The zero-order valence-electron chi connectivity index (χ0n) is 12.9. The number of sulfonamides is 1. The van der Waals surface area contributed by atoms with E-state index in [1.165, 1.54) is 7.05 Å². The molecule has 126 valence electrons. The van der Waals surface area contributed by atoms with E-state index in [4.69, 9.17) is 11.6 Å². The van der Waals surface area contributed by atoms with Crippen LogP contribution >= 0.6 is 11.6 Å². The number of halogens is 1. The largest absolute Gasteiger partial charge is 0.378 e. The van der Waals surface area contributed by atoms with Crippen LogP contribution in [0.2, 0.25) is 5.28 Å². The minimum Gasteiger partial charge on any atom is -0.378 e. The Morgan fingerprint density at radius 3 is 2.67 bits per heavy atom. The van der Waals surface area contributed by atoms with Gasteiger partial charge in [-0.05, 0) is 41.9 Å². The maximum atomic E-state index is 11.8. The van der Waals surface area contributed by atoms with Gasteiger partial charge < -0.3 is 5.32 Å². The number of pyridine rings is 1. The van der Waals surface area contributed by atoms with Crippen molar-refractivity contribution in [2.45, 2.75) is 12.3 Å². The molecule has 3 aromatic rings. The van der Waals surface area contributed by atoms with Gasteiger partial charge >= 0.3 is 0 Å². The molecule has 2 aromatic heterocycles. The molecule has 9 heteroatoms. The Balaban J connectivity index is 1.84. The summed E-state index contributed by atoms with van der Waals surface area (Å²) in [7, 11) is -1.92. The van der Waals surface area contributed by atoms with Gasteiger partial charge in [0.2, 0.25) is 15.3 Å². The molecule has 24 heavy (non-hydrogen) atoms. The summed E-state index contributed by atoms with van der Waals surface area (Å²) in [6.07, 6.45) is 1.76. The Hall–Kier alpha value is -2.16. The Morgan fingerprint density at radius 1 is 1.17 bits per heavy atom. The first-order valence-electron chi connectivity index (χ1n) is 7.21. The molecule has 0 amide bonds. The van der Waals surface area contributed by atoms with Crippen LogP contribution in [0, 0.1) is 0 Å². The van der Waals surface area contributed by atoms with Gasteiger partial charge in [0.1, 0.15) is 0 Å². The number of rotatable bonds is 6. The van der Waals surface area contributed by atoms with Gasteiger partial charge in [0, 0.05) is 12.7 Å². The fraction of sp³-hybridized carbons (Fsp3) is 0.200. The Kier molecular flexibility index (Phi) is 4.70. The molecule has 0 fully saturated rings. The first-order valence-corrected chi connectivity index (χ1v) is 9.24. The predicted octanol–water partition coefficient (Wildman–Crippen LogP) is 2.04. The van der Waals surface area contributed by atoms with Crippen molar-refractivity contribution in [3.05, 3.63) is 59.0 Å². The Morgan fingerprint density at radius 2 is 1.92 bits per heavy atom. The highest BCUT2D eigenvalue weighted by Crippen LogP contribution is 2.19. The van der Waals surface area contributed by atoms with E-state index in [1.54, 1.807) is 16.8 Å². The highest BCUT2D eigenvalue weighted by Gasteiger charge is 2.12. The van der Waals surface area contributed by atoms with E-state index < -0.39 is 10.0 Å². The average Bonchev–Trinajstić information content (AvgIpc) is 2.94. The summed E-state index contributed by atoms with van der Waals surface area (Å²) in [6.45, 7) is 0.458. The summed E-state index contributed by atoms with van der Waals surface area (Å²) < 4.78 is 27.5. The highest BCUT2D eigenvalue weighted by molar-refractivity contribution is 7.88. The van der Waals surface area contributed by atoms with Crippen LogP contribution in [-0.4, -0.2) is 30.1 Å². The van der Waals surface area contributed by atoms with Crippen LogP contribution in [0.25, 0.3) is 5.65 Å². The summed E-state index contributed by atoms with van der Waals surface area (Å²) in [4.78, 5) is 4.17. The SMILES string of the molecule is CNS(=O)(=O)Cc1ccccc1CNc1cccn2nc(Cl)nc12. The number of hydrogen-bond donors (Lipinski definition) is 2. The summed E-state index contributed by atoms with van der Waals surface area (Å²) in [5.41, 5.74) is 3.01. The van der Waals surface area contributed by atoms with Gasteiger partial charge in [0.25, 0.3) is 0 Å². The second-order valence-corrected chi connectivity index (χ2v) is 7.42. The van der Waals surface area contributed by atoms with Gasteiger partial charge in [-0.15, -0.1) is 5.10 Å². The standard InChI is InChI=1S/C15H16ClN5O2S/c1-17-24(22,23)10-12-6-3-2-5-11(12)9-18-13-7-4-8-21-14(13)19-15(16)20-21/h2-8,17-18H,9-10H2,1H3. The zero-order chi connectivity index (χ0) is 17.2. The van der Waals surface area contributed by atoms with Gasteiger partial charge in [-0.3, -0.25) is 0 Å². The van der Waals surface area contributed by atoms with E-state index in [0.717, 1.165) is 16.8 Å². The van der Waals surface area contributed by atoms with Gasteiger partial charge in [-0.1, -0.05) is 24.3 Å². The van der Waals surface area contributed by atoms with Crippen molar-refractivity contribution >= 4 is 33.0 Å². The lowest BCUT2D eigenvalue weighted by molar-refractivity contribution is 0.587. The number of nitrogens with zero attached hydrogens (tertiary/aromatic N) is 3. The summed E-state index contributed by atoms with van der Waals surface area (Å²) in [5.74, 6) is -0.0671. The summed E-state index contributed by atoms with van der Waals surface area (Å²) in [5, 5.41) is 7.48. The van der Waals surface area contributed by atoms with E-state index in [9.17, 15) is 8.42 Å². The van der Waals surface area contributed by atoms with Crippen LogP contribution in [0.15, 0.2) is 42.6 Å². The molecule has 0 atom stereocenters. The second kappa shape index (κ2) is 6.76. The summed E-state index contributed by atoms with van der Waals surface area (Å²) >= 11 is 5.84. The predicted molar refractivity (Wildman–Crippen MR) is 93.4 cm³/mol. The lowest BCUT2D eigenvalue weighted by Gasteiger charge is -2.12. The molecule has 2 N–H and O–H groups in total. The molecule has 0 spiro atoms. The molecular weight excluding hydrogens is 350 g/mol. The number of benzene rings is 1. The first-order chi connectivity index (χ1) is 11.5. The van der Waals surface area contributed by atoms with E-state index in [0.29, 0.717) is 12.2 Å². The number of hydrogen-bond acceptors (Lipinski definition) is 5. The molecule has 1 aromatic carbocycles. The molecule has 0 unspecified atom stereocenters. The molecule has 2 heterocycles. The normalized spacial score (nSPS) is 11.8. The van der Waals surface area contributed by atoms with Crippen LogP contribution in [0.3, 0.4) is 0 Å². The minimum atomic E-state index is -3.33. The van der Waals surface area contributed by atoms with Crippen molar-refractivity contribution in [2.24, 2.45) is 0 Å². The Bertz CT molecular complexity index is 971. The Labute approximate surface area is 144 Å². The third kappa shape index (κ3) is 3.66. The molecule has 0 aliphatic carbocycles. The molecule has 0 bridgehead atoms. The van der Waals surface area contributed by atoms with Crippen LogP contribution in [0.4, 0.5) is 5.69 Å². The van der Waals surface area contributed by atoms with Crippen LogP contribution in [-0.2, 0) is 22.3 Å². The minimum absolute atomic E-state index is 0.0671. The van der Waals surface area contributed by atoms with Gasteiger partial charge in [0.15, 0.2) is 5.65 Å². The number of anilines is 1. The molecule has 0 saturated carbocycles. The quantitative estimate of drug-likeness (QED) is 0.698.